The van der Waals surface area contributed by atoms with Crippen molar-refractivity contribution < 1.29 is 9.84 Å². The molecule has 1 N–H and O–H groups in total. The summed E-state index contributed by atoms with van der Waals surface area (Å²) in [5.41, 5.74) is 0.973. The molecule has 2 atom stereocenters. The van der Waals surface area contributed by atoms with Gasteiger partial charge >= 0.3 is 0 Å². The van der Waals surface area contributed by atoms with Gasteiger partial charge in [-0.3, -0.25) is 0 Å². The zero-order valence-electron chi connectivity index (χ0n) is 11.8. The topological polar surface area (TPSA) is 29.5 Å². The Bertz CT molecular complexity index is 362. The molecule has 0 bridgehead atoms. The van der Waals surface area contributed by atoms with Gasteiger partial charge in [0.1, 0.15) is 12.2 Å². The summed E-state index contributed by atoms with van der Waals surface area (Å²) in [7, 11) is 0. The molecule has 1 aromatic rings. The van der Waals surface area contributed by atoms with Gasteiger partial charge in [0.2, 0.25) is 0 Å². The van der Waals surface area contributed by atoms with Crippen LogP contribution in [0.2, 0.25) is 0 Å². The quantitative estimate of drug-likeness (QED) is 0.805. The molecule has 18 heavy (non-hydrogen) atoms. The molecule has 0 aliphatic heterocycles. The second-order valence-corrected chi connectivity index (χ2v) is 5.50. The minimum atomic E-state index is -0.621. The van der Waals surface area contributed by atoms with Gasteiger partial charge in [-0.15, -0.1) is 0 Å². The molecule has 0 radical (unpaired) electrons. The third-order valence-electron chi connectivity index (χ3n) is 2.60. The normalized spacial score (nSPS) is 15.8. The fraction of sp³-hybridized carbons (Fsp3) is 0.500. The Labute approximate surface area is 110 Å². The van der Waals surface area contributed by atoms with Gasteiger partial charge < -0.3 is 9.84 Å². The molecular formula is C16H24O2. The molecule has 100 valence electrons. The van der Waals surface area contributed by atoms with Crippen LogP contribution in [-0.2, 0) is 4.74 Å². The summed E-state index contributed by atoms with van der Waals surface area (Å²) in [6.07, 6.45) is 3.13. The molecule has 2 heteroatoms. The van der Waals surface area contributed by atoms with E-state index < -0.39 is 6.10 Å². The zero-order chi connectivity index (χ0) is 13.6. The van der Waals surface area contributed by atoms with Crippen molar-refractivity contribution in [2.75, 3.05) is 6.61 Å². The second-order valence-electron chi connectivity index (χ2n) is 5.50. The number of allylic oxidation sites excluding steroid dienone is 1. The van der Waals surface area contributed by atoms with Crippen LogP contribution >= 0.6 is 0 Å². The van der Waals surface area contributed by atoms with E-state index in [-0.39, 0.29) is 11.5 Å². The van der Waals surface area contributed by atoms with E-state index in [0.29, 0.717) is 6.61 Å². The molecule has 0 unspecified atom stereocenters. The summed E-state index contributed by atoms with van der Waals surface area (Å²) < 4.78 is 5.62. The first-order valence-electron chi connectivity index (χ1n) is 6.48. The highest BCUT2D eigenvalue weighted by Crippen LogP contribution is 2.22. The number of rotatable bonds is 5. The van der Waals surface area contributed by atoms with Crippen LogP contribution in [0, 0.1) is 5.41 Å². The van der Waals surface area contributed by atoms with E-state index in [9.17, 15) is 5.11 Å². The molecule has 1 rings (SSSR count). The molecule has 0 fully saturated rings. The minimum absolute atomic E-state index is 0.0890. The summed E-state index contributed by atoms with van der Waals surface area (Å²) in [6, 6.07) is 9.63. The highest BCUT2D eigenvalue weighted by atomic mass is 16.5. The summed E-state index contributed by atoms with van der Waals surface area (Å²) in [4.78, 5) is 0. The average Bonchev–Trinajstić information content (AvgIpc) is 2.33. The van der Waals surface area contributed by atoms with Gasteiger partial charge in [0.25, 0.3) is 0 Å². The lowest BCUT2D eigenvalue weighted by molar-refractivity contribution is -0.00616. The predicted molar refractivity (Wildman–Crippen MR) is 75.4 cm³/mol. The summed E-state index contributed by atoms with van der Waals surface area (Å²) in [5.74, 6) is 0. The maximum Gasteiger partial charge on any atom is 0.109 e. The van der Waals surface area contributed by atoms with Gasteiger partial charge in [0.15, 0.2) is 0 Å². The Balaban J connectivity index is 2.82. The standard InChI is InChI=1S/C16H24O2/c1-5-18-14(11-12-16(2,3)4)15(17)13-9-7-6-8-10-13/h6-12,14-15,17H,5H2,1-4H3/b12-11+/t14-,15-/m1/s1. The van der Waals surface area contributed by atoms with Crippen LogP contribution in [0.15, 0.2) is 42.5 Å². The van der Waals surface area contributed by atoms with E-state index in [1.165, 1.54) is 0 Å². The monoisotopic (exact) mass is 248 g/mol. The minimum Gasteiger partial charge on any atom is -0.385 e. The van der Waals surface area contributed by atoms with Crippen LogP contribution in [0.25, 0.3) is 0 Å². The molecule has 0 heterocycles. The Morgan fingerprint density at radius 2 is 1.83 bits per heavy atom. The Morgan fingerprint density at radius 3 is 2.33 bits per heavy atom. The summed E-state index contributed by atoms with van der Waals surface area (Å²) in [6.45, 7) is 8.91. The smallest absolute Gasteiger partial charge is 0.109 e. The van der Waals surface area contributed by atoms with Crippen molar-refractivity contribution in [3.63, 3.8) is 0 Å². The molecule has 2 nitrogen and oxygen atoms in total. The third kappa shape index (κ3) is 5.03. The van der Waals surface area contributed by atoms with Gasteiger partial charge in [-0.1, -0.05) is 63.3 Å². The highest BCUT2D eigenvalue weighted by molar-refractivity contribution is 5.20. The highest BCUT2D eigenvalue weighted by Gasteiger charge is 2.19. The first kappa shape index (κ1) is 14.9. The number of aliphatic hydroxyl groups is 1. The maximum absolute atomic E-state index is 10.3. The number of benzene rings is 1. The fourth-order valence-electron chi connectivity index (χ4n) is 1.67. The number of aliphatic hydroxyl groups excluding tert-OH is 1. The molecule has 0 saturated heterocycles. The van der Waals surface area contributed by atoms with Crippen molar-refractivity contribution in [1.29, 1.82) is 0 Å². The van der Waals surface area contributed by atoms with E-state index in [2.05, 4.69) is 26.8 Å². The number of hydrogen-bond acceptors (Lipinski definition) is 2. The molecule has 0 amide bonds. The van der Waals surface area contributed by atoms with Crippen LogP contribution in [0.5, 0.6) is 0 Å². The van der Waals surface area contributed by atoms with Gasteiger partial charge in [-0.05, 0) is 17.9 Å². The van der Waals surface area contributed by atoms with Crippen LogP contribution in [0.3, 0.4) is 0 Å². The third-order valence-corrected chi connectivity index (χ3v) is 2.60. The zero-order valence-corrected chi connectivity index (χ0v) is 11.8. The van der Waals surface area contributed by atoms with Crippen LogP contribution in [-0.4, -0.2) is 17.8 Å². The molecular weight excluding hydrogens is 224 g/mol. The maximum atomic E-state index is 10.3. The first-order valence-corrected chi connectivity index (χ1v) is 6.48. The summed E-state index contributed by atoms with van der Waals surface area (Å²) in [5, 5.41) is 10.3. The lowest BCUT2D eigenvalue weighted by atomic mass is 9.94. The number of hydrogen-bond donors (Lipinski definition) is 1. The van der Waals surface area contributed by atoms with Crippen molar-refractivity contribution in [1.82, 2.24) is 0 Å². The van der Waals surface area contributed by atoms with Crippen molar-refractivity contribution in [2.45, 2.75) is 39.9 Å². The average molecular weight is 248 g/mol. The molecule has 0 saturated carbocycles. The lowest BCUT2D eigenvalue weighted by Gasteiger charge is -2.22. The second kappa shape index (κ2) is 6.72. The van der Waals surface area contributed by atoms with E-state index in [4.69, 9.17) is 4.74 Å². The van der Waals surface area contributed by atoms with Crippen LogP contribution < -0.4 is 0 Å². The van der Waals surface area contributed by atoms with Crippen molar-refractivity contribution >= 4 is 0 Å². The molecule has 0 aliphatic carbocycles. The van der Waals surface area contributed by atoms with Gasteiger partial charge in [-0.2, -0.15) is 0 Å². The molecule has 1 aromatic carbocycles. The SMILES string of the molecule is CCO[C@H](/C=C/C(C)(C)C)[C@H](O)c1ccccc1. The van der Waals surface area contributed by atoms with Crippen LogP contribution in [0.4, 0.5) is 0 Å². The van der Waals surface area contributed by atoms with E-state index in [1.807, 2.05) is 43.3 Å². The van der Waals surface area contributed by atoms with Crippen LogP contribution in [0.1, 0.15) is 39.4 Å². The van der Waals surface area contributed by atoms with E-state index in [1.54, 1.807) is 0 Å². The predicted octanol–water partition coefficient (Wildman–Crippen LogP) is 3.73. The molecule has 0 aromatic heterocycles. The Hall–Kier alpha value is -1.12. The van der Waals surface area contributed by atoms with E-state index >= 15 is 0 Å². The lowest BCUT2D eigenvalue weighted by Crippen LogP contribution is -2.20. The van der Waals surface area contributed by atoms with Crippen molar-refractivity contribution in [2.24, 2.45) is 5.41 Å². The van der Waals surface area contributed by atoms with E-state index in [0.717, 1.165) is 5.56 Å². The summed E-state index contributed by atoms with van der Waals surface area (Å²) >= 11 is 0. The Kier molecular flexibility index (Phi) is 5.57. The Morgan fingerprint density at radius 1 is 1.22 bits per heavy atom. The van der Waals surface area contributed by atoms with Gasteiger partial charge in [0, 0.05) is 6.61 Å². The number of ether oxygens (including phenoxy) is 1. The van der Waals surface area contributed by atoms with Crippen molar-refractivity contribution in [3.05, 3.63) is 48.0 Å². The van der Waals surface area contributed by atoms with Gasteiger partial charge in [-0.25, -0.2) is 0 Å². The molecule has 0 spiro atoms. The first-order chi connectivity index (χ1) is 8.44. The van der Waals surface area contributed by atoms with Gasteiger partial charge in [0.05, 0.1) is 0 Å². The molecule has 0 aliphatic rings. The fourth-order valence-corrected chi connectivity index (χ4v) is 1.67. The van der Waals surface area contributed by atoms with Crippen molar-refractivity contribution in [3.8, 4) is 0 Å². The largest absolute Gasteiger partial charge is 0.385 e.